The summed E-state index contributed by atoms with van der Waals surface area (Å²) < 4.78 is 29.1. The Kier molecular flexibility index (Phi) is 6.01. The van der Waals surface area contributed by atoms with Gasteiger partial charge in [0.05, 0.1) is 28.6 Å². The van der Waals surface area contributed by atoms with Gasteiger partial charge in [-0.05, 0) is 56.2 Å². The van der Waals surface area contributed by atoms with Crippen molar-refractivity contribution in [3.8, 4) is 22.6 Å². The first-order valence-electron chi connectivity index (χ1n) is 11.4. The first kappa shape index (κ1) is 23.3. The van der Waals surface area contributed by atoms with Crippen LogP contribution in [-0.4, -0.2) is 35.6 Å². The number of imidazole rings is 1. The minimum Gasteiger partial charge on any atom is -0.364 e. The second kappa shape index (κ2) is 9.29. The van der Waals surface area contributed by atoms with Gasteiger partial charge in [-0.3, -0.25) is 14.5 Å². The van der Waals surface area contributed by atoms with Gasteiger partial charge in [0.1, 0.15) is 28.8 Å². The summed E-state index contributed by atoms with van der Waals surface area (Å²) >= 11 is 0. The number of carbonyl (C=O) groups is 1. The Bertz CT molecular complexity index is 1570. The minimum absolute atomic E-state index is 0.0700. The lowest BCUT2D eigenvalue weighted by Crippen LogP contribution is -2.13. The molecule has 0 bridgehead atoms. The van der Waals surface area contributed by atoms with Crippen molar-refractivity contribution in [3.05, 3.63) is 83.6 Å². The highest BCUT2D eigenvalue weighted by atomic mass is 19.1. The maximum atomic E-state index is 13.6. The number of fused-ring (bicyclic) bond motifs is 1. The molecule has 0 saturated carbocycles. The van der Waals surface area contributed by atoms with E-state index in [0.29, 0.717) is 52.3 Å². The van der Waals surface area contributed by atoms with Gasteiger partial charge in [0.2, 0.25) is 0 Å². The number of halogens is 2. The molecule has 0 spiro atoms. The maximum Gasteiger partial charge on any atom is 0.268 e. The van der Waals surface area contributed by atoms with Crippen molar-refractivity contribution in [1.82, 2.24) is 29.7 Å². The Morgan fingerprint density at radius 1 is 1.03 bits per heavy atom. The van der Waals surface area contributed by atoms with E-state index in [2.05, 4.69) is 20.1 Å². The van der Waals surface area contributed by atoms with Crippen LogP contribution in [0.2, 0.25) is 0 Å². The fourth-order valence-electron chi connectivity index (χ4n) is 3.99. The van der Waals surface area contributed by atoms with Crippen LogP contribution in [0.1, 0.15) is 41.8 Å². The van der Waals surface area contributed by atoms with Crippen LogP contribution < -0.4 is 5.73 Å². The third-order valence-electron chi connectivity index (χ3n) is 5.79. The number of aromatic nitrogens is 6. The summed E-state index contributed by atoms with van der Waals surface area (Å²) in [6.45, 7) is 4.07. The molecule has 8 nitrogen and oxygen atoms in total. The number of nitrogens with zero attached hydrogens (tertiary/aromatic N) is 5. The normalized spacial score (nSPS) is 11.5. The molecule has 0 aliphatic carbocycles. The van der Waals surface area contributed by atoms with Gasteiger partial charge in [0.15, 0.2) is 0 Å². The van der Waals surface area contributed by atoms with Crippen LogP contribution in [-0.2, 0) is 12.8 Å². The molecule has 5 rings (SSSR count). The van der Waals surface area contributed by atoms with Gasteiger partial charge < -0.3 is 10.7 Å². The van der Waals surface area contributed by atoms with Crippen LogP contribution in [0.5, 0.6) is 0 Å². The largest absolute Gasteiger partial charge is 0.364 e. The number of benzene rings is 2. The van der Waals surface area contributed by atoms with E-state index >= 15 is 0 Å². The molecule has 3 aromatic heterocycles. The average Bonchev–Trinajstić information content (AvgIpc) is 3.49. The van der Waals surface area contributed by atoms with Crippen molar-refractivity contribution in [2.45, 2.75) is 32.7 Å². The highest BCUT2D eigenvalue weighted by molar-refractivity contribution is 5.93. The van der Waals surface area contributed by atoms with Gasteiger partial charge >= 0.3 is 0 Å². The number of carbonyl (C=O) groups excluding carboxylic acids is 1. The zero-order valence-corrected chi connectivity index (χ0v) is 19.7. The summed E-state index contributed by atoms with van der Waals surface area (Å²) in [5.41, 5.74) is 9.87. The summed E-state index contributed by atoms with van der Waals surface area (Å²) in [6.07, 6.45) is 4.06. The molecule has 0 radical (unpaired) electrons. The topological polar surface area (TPSA) is 115 Å². The van der Waals surface area contributed by atoms with Crippen molar-refractivity contribution < 1.29 is 13.6 Å². The van der Waals surface area contributed by atoms with Gasteiger partial charge in [-0.2, -0.15) is 5.10 Å². The highest BCUT2D eigenvalue weighted by Crippen LogP contribution is 2.31. The molecule has 0 saturated heterocycles. The molecule has 0 aliphatic heterocycles. The van der Waals surface area contributed by atoms with Gasteiger partial charge in [0.25, 0.3) is 5.91 Å². The van der Waals surface area contributed by atoms with Crippen molar-refractivity contribution in [1.29, 1.82) is 0 Å². The SMILES string of the molecule is CC(C)n1ccc(-c2[nH]c(CCc3cc(F)cc(F)c3)nc2-c2ccc3ncc(C(N)=O)nc3c2)n1. The van der Waals surface area contributed by atoms with E-state index in [1.54, 1.807) is 12.1 Å². The van der Waals surface area contributed by atoms with E-state index in [4.69, 9.17) is 10.7 Å². The zero-order chi connectivity index (χ0) is 25.4. The number of hydrogen-bond acceptors (Lipinski definition) is 5. The van der Waals surface area contributed by atoms with Crippen LogP contribution in [0.15, 0.2) is 54.9 Å². The van der Waals surface area contributed by atoms with E-state index in [1.807, 2.05) is 36.9 Å². The molecule has 0 fully saturated rings. The number of amides is 1. The summed E-state index contributed by atoms with van der Waals surface area (Å²) in [6, 6.07) is 11.0. The molecular weight excluding hydrogens is 464 g/mol. The van der Waals surface area contributed by atoms with Crippen LogP contribution in [0.3, 0.4) is 0 Å². The number of hydrogen-bond donors (Lipinski definition) is 2. The molecule has 3 heterocycles. The van der Waals surface area contributed by atoms with Gasteiger partial charge in [-0.25, -0.2) is 18.7 Å². The second-order valence-corrected chi connectivity index (χ2v) is 8.78. The van der Waals surface area contributed by atoms with E-state index in [-0.39, 0.29) is 11.7 Å². The van der Waals surface area contributed by atoms with Crippen LogP contribution >= 0.6 is 0 Å². The van der Waals surface area contributed by atoms with Gasteiger partial charge in [-0.1, -0.05) is 6.07 Å². The Morgan fingerprint density at radius 2 is 1.81 bits per heavy atom. The number of primary amides is 1. The number of aromatic amines is 1. The Labute approximate surface area is 205 Å². The predicted molar refractivity (Wildman–Crippen MR) is 131 cm³/mol. The molecule has 182 valence electrons. The van der Waals surface area contributed by atoms with E-state index in [0.717, 1.165) is 11.6 Å². The third kappa shape index (κ3) is 4.70. The lowest BCUT2D eigenvalue weighted by Gasteiger charge is -2.05. The fourth-order valence-corrected chi connectivity index (χ4v) is 3.99. The fraction of sp³-hybridized carbons (Fsp3) is 0.192. The number of rotatable bonds is 7. The molecule has 3 N–H and O–H groups in total. The number of nitrogens with two attached hydrogens (primary N) is 1. The number of H-pyrrole nitrogens is 1. The maximum absolute atomic E-state index is 13.6. The molecular formula is C26H23F2N7O. The first-order valence-corrected chi connectivity index (χ1v) is 11.4. The number of nitrogens with one attached hydrogen (secondary N) is 1. The monoisotopic (exact) mass is 487 g/mol. The Hall–Kier alpha value is -4.47. The van der Waals surface area contributed by atoms with Crippen molar-refractivity contribution in [2.75, 3.05) is 0 Å². The number of aryl methyl sites for hydroxylation is 2. The second-order valence-electron chi connectivity index (χ2n) is 8.78. The molecule has 0 unspecified atom stereocenters. The molecule has 1 amide bonds. The molecule has 5 aromatic rings. The van der Waals surface area contributed by atoms with E-state index < -0.39 is 17.5 Å². The van der Waals surface area contributed by atoms with Crippen LogP contribution in [0.25, 0.3) is 33.7 Å². The van der Waals surface area contributed by atoms with Gasteiger partial charge in [-0.15, -0.1) is 0 Å². The summed E-state index contributed by atoms with van der Waals surface area (Å²) in [5.74, 6) is -1.25. The lowest BCUT2D eigenvalue weighted by atomic mass is 10.1. The minimum atomic E-state index is -0.662. The van der Waals surface area contributed by atoms with E-state index in [9.17, 15) is 13.6 Å². The standard InChI is InChI=1S/C26H23F2N7O/c1-14(2)35-8-7-20(34-35)25-24(16-4-5-19-21(11-16)31-22(13-30-19)26(29)36)32-23(33-25)6-3-15-9-17(27)12-18(28)10-15/h4-5,7-14H,3,6H2,1-2H3,(H2,29,36)(H,32,33). The molecule has 0 atom stereocenters. The molecule has 0 aliphatic rings. The molecule has 10 heteroatoms. The first-order chi connectivity index (χ1) is 17.3. The smallest absolute Gasteiger partial charge is 0.268 e. The van der Waals surface area contributed by atoms with Crippen molar-refractivity contribution >= 4 is 16.9 Å². The Balaban J connectivity index is 1.56. The predicted octanol–water partition coefficient (Wildman–Crippen LogP) is 4.63. The molecule has 36 heavy (non-hydrogen) atoms. The third-order valence-corrected chi connectivity index (χ3v) is 5.79. The van der Waals surface area contributed by atoms with Gasteiger partial charge in [0, 0.05) is 30.3 Å². The van der Waals surface area contributed by atoms with Crippen LogP contribution in [0.4, 0.5) is 8.78 Å². The van der Waals surface area contributed by atoms with Crippen molar-refractivity contribution in [3.63, 3.8) is 0 Å². The quantitative estimate of drug-likeness (QED) is 0.347. The summed E-state index contributed by atoms with van der Waals surface area (Å²) in [5, 5.41) is 4.68. The summed E-state index contributed by atoms with van der Waals surface area (Å²) in [7, 11) is 0. The summed E-state index contributed by atoms with van der Waals surface area (Å²) in [4.78, 5) is 28.3. The molecule has 2 aromatic carbocycles. The van der Waals surface area contributed by atoms with Crippen molar-refractivity contribution in [2.24, 2.45) is 5.73 Å². The average molecular weight is 488 g/mol. The van der Waals surface area contributed by atoms with Crippen LogP contribution in [0, 0.1) is 11.6 Å². The lowest BCUT2D eigenvalue weighted by molar-refractivity contribution is 0.0995. The Morgan fingerprint density at radius 3 is 2.50 bits per heavy atom. The highest BCUT2D eigenvalue weighted by Gasteiger charge is 2.18. The van der Waals surface area contributed by atoms with E-state index in [1.165, 1.54) is 18.3 Å². The zero-order valence-electron chi connectivity index (χ0n) is 19.7.